The highest BCUT2D eigenvalue weighted by Crippen LogP contribution is 2.33. The molecule has 0 aliphatic heterocycles. The summed E-state index contributed by atoms with van der Waals surface area (Å²) in [6.07, 6.45) is 7.36. The van der Waals surface area contributed by atoms with Gasteiger partial charge in [-0.15, -0.1) is 0 Å². The molecule has 2 aliphatic rings. The Morgan fingerprint density at radius 1 is 1.12 bits per heavy atom. The number of carbonyl (C=O) groups is 1. The van der Waals surface area contributed by atoms with Crippen LogP contribution in [0.15, 0.2) is 0 Å². The maximum absolute atomic E-state index is 11.9. The van der Waals surface area contributed by atoms with Crippen LogP contribution in [0, 0.1) is 23.7 Å². The first-order chi connectivity index (χ1) is 7.66. The summed E-state index contributed by atoms with van der Waals surface area (Å²) in [5.74, 6) is 3.08. The lowest BCUT2D eigenvalue weighted by Crippen LogP contribution is -2.34. The summed E-state index contributed by atoms with van der Waals surface area (Å²) >= 11 is 0. The summed E-state index contributed by atoms with van der Waals surface area (Å²) in [6.45, 7) is 5.54. The first-order valence-electron chi connectivity index (χ1n) is 6.94. The highest BCUT2D eigenvalue weighted by molar-refractivity contribution is 5.78. The number of hydrogen-bond acceptors (Lipinski definition) is 1. The van der Waals surface area contributed by atoms with Crippen molar-refractivity contribution in [3.05, 3.63) is 0 Å². The predicted octanol–water partition coefficient (Wildman–Crippen LogP) is 2.98. The van der Waals surface area contributed by atoms with E-state index in [2.05, 4.69) is 19.2 Å². The molecule has 2 saturated carbocycles. The van der Waals surface area contributed by atoms with Crippen molar-refractivity contribution < 1.29 is 4.79 Å². The molecule has 0 heterocycles. The normalized spacial score (nSPS) is 30.4. The number of nitrogens with one attached hydrogen (secondary N) is 1. The molecule has 92 valence electrons. The average molecular weight is 223 g/mol. The Morgan fingerprint density at radius 3 is 2.25 bits per heavy atom. The van der Waals surface area contributed by atoms with Gasteiger partial charge < -0.3 is 5.32 Å². The van der Waals surface area contributed by atoms with Crippen molar-refractivity contribution in [1.29, 1.82) is 0 Å². The third-order valence-corrected chi connectivity index (χ3v) is 4.35. The molecule has 0 radical (unpaired) electrons. The van der Waals surface area contributed by atoms with Gasteiger partial charge in [0.05, 0.1) is 0 Å². The molecule has 0 spiro atoms. The van der Waals surface area contributed by atoms with Crippen molar-refractivity contribution in [2.45, 2.75) is 52.4 Å². The van der Waals surface area contributed by atoms with Gasteiger partial charge in [-0.25, -0.2) is 0 Å². The van der Waals surface area contributed by atoms with Gasteiger partial charge in [-0.3, -0.25) is 4.79 Å². The highest BCUT2D eigenvalue weighted by atomic mass is 16.1. The smallest absolute Gasteiger partial charge is 0.223 e. The Balaban J connectivity index is 1.68. The van der Waals surface area contributed by atoms with Crippen LogP contribution in [0.4, 0.5) is 0 Å². The average Bonchev–Trinajstić information content (AvgIpc) is 3.10. The van der Waals surface area contributed by atoms with Crippen LogP contribution in [-0.2, 0) is 4.79 Å². The summed E-state index contributed by atoms with van der Waals surface area (Å²) in [4.78, 5) is 11.9. The van der Waals surface area contributed by atoms with E-state index >= 15 is 0 Å². The lowest BCUT2D eigenvalue weighted by atomic mass is 9.77. The second-order valence-corrected chi connectivity index (χ2v) is 6.04. The Labute approximate surface area is 99.2 Å². The van der Waals surface area contributed by atoms with E-state index in [0.29, 0.717) is 11.8 Å². The molecular formula is C14H25NO. The minimum Gasteiger partial charge on any atom is -0.356 e. The van der Waals surface area contributed by atoms with Crippen molar-refractivity contribution in [3.63, 3.8) is 0 Å². The molecule has 1 N–H and O–H groups in total. The maximum Gasteiger partial charge on any atom is 0.223 e. The lowest BCUT2D eigenvalue weighted by molar-refractivity contribution is -0.126. The number of carbonyl (C=O) groups excluding carboxylic acids is 1. The van der Waals surface area contributed by atoms with Gasteiger partial charge >= 0.3 is 0 Å². The van der Waals surface area contributed by atoms with Gasteiger partial charge in [0.2, 0.25) is 5.91 Å². The van der Waals surface area contributed by atoms with Gasteiger partial charge in [-0.05, 0) is 56.3 Å². The quantitative estimate of drug-likeness (QED) is 0.780. The van der Waals surface area contributed by atoms with E-state index < -0.39 is 0 Å². The molecule has 2 fully saturated rings. The van der Waals surface area contributed by atoms with Crippen molar-refractivity contribution in [3.8, 4) is 0 Å². The molecule has 0 atom stereocenters. The largest absolute Gasteiger partial charge is 0.356 e. The summed E-state index contributed by atoms with van der Waals surface area (Å²) < 4.78 is 0. The fourth-order valence-electron chi connectivity index (χ4n) is 2.76. The van der Waals surface area contributed by atoms with E-state index in [9.17, 15) is 4.79 Å². The van der Waals surface area contributed by atoms with Crippen LogP contribution >= 0.6 is 0 Å². The molecule has 1 amide bonds. The van der Waals surface area contributed by atoms with E-state index in [0.717, 1.165) is 37.1 Å². The standard InChI is InChI=1S/C14H25NO/c1-10(2)12-5-7-13(8-6-12)14(16)15-9-11-3-4-11/h10-13H,3-9H2,1-2H3,(H,15,16)/t12-,13+. The topological polar surface area (TPSA) is 29.1 Å². The highest BCUT2D eigenvalue weighted by Gasteiger charge is 2.28. The number of amides is 1. The molecule has 2 nitrogen and oxygen atoms in total. The summed E-state index contributed by atoms with van der Waals surface area (Å²) in [5, 5.41) is 3.12. The molecule has 0 aromatic carbocycles. The minimum atomic E-state index is 0.314. The van der Waals surface area contributed by atoms with Gasteiger partial charge in [0, 0.05) is 12.5 Å². The zero-order valence-electron chi connectivity index (χ0n) is 10.7. The monoisotopic (exact) mass is 223 g/mol. The summed E-state index contributed by atoms with van der Waals surface area (Å²) in [7, 11) is 0. The molecular weight excluding hydrogens is 198 g/mol. The second-order valence-electron chi connectivity index (χ2n) is 6.04. The maximum atomic E-state index is 11.9. The Hall–Kier alpha value is -0.530. The number of hydrogen-bond donors (Lipinski definition) is 1. The third-order valence-electron chi connectivity index (χ3n) is 4.35. The van der Waals surface area contributed by atoms with Crippen LogP contribution in [0.5, 0.6) is 0 Å². The van der Waals surface area contributed by atoms with Crippen molar-refractivity contribution in [1.82, 2.24) is 5.32 Å². The van der Waals surface area contributed by atoms with Crippen molar-refractivity contribution in [2.24, 2.45) is 23.7 Å². The SMILES string of the molecule is CC(C)[C@H]1CC[C@@H](C(=O)NCC2CC2)CC1. The molecule has 2 aliphatic carbocycles. The number of rotatable bonds is 4. The molecule has 0 bridgehead atoms. The second kappa shape index (κ2) is 5.20. The fourth-order valence-corrected chi connectivity index (χ4v) is 2.76. The van der Waals surface area contributed by atoms with Crippen LogP contribution in [-0.4, -0.2) is 12.5 Å². The van der Waals surface area contributed by atoms with Crippen molar-refractivity contribution in [2.75, 3.05) is 6.54 Å². The van der Waals surface area contributed by atoms with E-state index in [1.165, 1.54) is 25.7 Å². The van der Waals surface area contributed by atoms with Gasteiger partial charge in [0.15, 0.2) is 0 Å². The zero-order valence-corrected chi connectivity index (χ0v) is 10.7. The minimum absolute atomic E-state index is 0.314. The molecule has 16 heavy (non-hydrogen) atoms. The van der Waals surface area contributed by atoms with Gasteiger partial charge in [0.25, 0.3) is 0 Å². The molecule has 0 aromatic heterocycles. The summed E-state index contributed by atoms with van der Waals surface area (Å²) in [5.41, 5.74) is 0. The molecule has 2 rings (SSSR count). The predicted molar refractivity (Wildman–Crippen MR) is 66.0 cm³/mol. The van der Waals surface area contributed by atoms with Gasteiger partial charge in [-0.1, -0.05) is 13.8 Å². The van der Waals surface area contributed by atoms with Crippen LogP contribution in [0.2, 0.25) is 0 Å². The van der Waals surface area contributed by atoms with Crippen molar-refractivity contribution >= 4 is 5.91 Å². The van der Waals surface area contributed by atoms with E-state index in [4.69, 9.17) is 0 Å². The fraction of sp³-hybridized carbons (Fsp3) is 0.929. The molecule has 0 aromatic rings. The Morgan fingerprint density at radius 2 is 1.75 bits per heavy atom. The Bertz CT molecular complexity index is 237. The van der Waals surface area contributed by atoms with Gasteiger partial charge in [0.1, 0.15) is 0 Å². The lowest BCUT2D eigenvalue weighted by Gasteiger charge is -2.30. The summed E-state index contributed by atoms with van der Waals surface area (Å²) in [6, 6.07) is 0. The zero-order chi connectivity index (χ0) is 11.5. The van der Waals surface area contributed by atoms with Crippen LogP contribution in [0.1, 0.15) is 52.4 Å². The van der Waals surface area contributed by atoms with Crippen LogP contribution < -0.4 is 5.32 Å². The van der Waals surface area contributed by atoms with Crippen LogP contribution in [0.3, 0.4) is 0 Å². The van der Waals surface area contributed by atoms with E-state index in [1.54, 1.807) is 0 Å². The molecule has 0 saturated heterocycles. The van der Waals surface area contributed by atoms with E-state index in [1.807, 2.05) is 0 Å². The molecule has 2 heteroatoms. The molecule has 0 unspecified atom stereocenters. The van der Waals surface area contributed by atoms with Crippen LogP contribution in [0.25, 0.3) is 0 Å². The van der Waals surface area contributed by atoms with Gasteiger partial charge in [-0.2, -0.15) is 0 Å². The first kappa shape index (κ1) is 11.9. The van der Waals surface area contributed by atoms with E-state index in [-0.39, 0.29) is 0 Å². The third kappa shape index (κ3) is 3.23. The first-order valence-corrected chi connectivity index (χ1v) is 6.94. The Kier molecular flexibility index (Phi) is 3.88.